The largest absolute Gasteiger partial charge is 0.355 e. The SMILES string of the molecule is Cc1cccc(CC(=O)NCCc2cn3cc(Cl)ccc3n2)c1. The molecule has 0 spiro atoms. The van der Waals surface area contributed by atoms with Crippen LogP contribution in [0.25, 0.3) is 5.65 Å². The summed E-state index contributed by atoms with van der Waals surface area (Å²) >= 11 is 5.96. The molecule has 1 N–H and O–H groups in total. The molecule has 5 heteroatoms. The highest BCUT2D eigenvalue weighted by molar-refractivity contribution is 6.30. The van der Waals surface area contributed by atoms with Crippen LogP contribution in [0.2, 0.25) is 5.02 Å². The molecule has 1 aromatic carbocycles. The number of rotatable bonds is 5. The van der Waals surface area contributed by atoms with Crippen molar-refractivity contribution in [2.45, 2.75) is 19.8 Å². The van der Waals surface area contributed by atoms with Crippen LogP contribution in [0.4, 0.5) is 0 Å². The van der Waals surface area contributed by atoms with E-state index in [-0.39, 0.29) is 5.91 Å². The molecule has 1 amide bonds. The number of fused-ring (bicyclic) bond motifs is 1. The Hall–Kier alpha value is -2.33. The first kappa shape index (κ1) is 15.6. The number of hydrogen-bond donors (Lipinski definition) is 1. The van der Waals surface area contributed by atoms with Crippen LogP contribution in [0.15, 0.2) is 48.8 Å². The van der Waals surface area contributed by atoms with Crippen molar-refractivity contribution in [3.05, 3.63) is 70.6 Å². The van der Waals surface area contributed by atoms with E-state index in [1.807, 2.05) is 60.1 Å². The van der Waals surface area contributed by atoms with Gasteiger partial charge in [-0.1, -0.05) is 41.4 Å². The highest BCUT2D eigenvalue weighted by atomic mass is 35.5. The minimum atomic E-state index is 0.0300. The first-order chi connectivity index (χ1) is 11.1. The van der Waals surface area contributed by atoms with Crippen LogP contribution in [-0.4, -0.2) is 21.8 Å². The number of halogens is 1. The molecule has 4 nitrogen and oxygen atoms in total. The number of benzene rings is 1. The van der Waals surface area contributed by atoms with Crippen molar-refractivity contribution in [1.29, 1.82) is 0 Å². The zero-order valence-corrected chi connectivity index (χ0v) is 13.7. The fourth-order valence-corrected chi connectivity index (χ4v) is 2.71. The molecule has 118 valence electrons. The van der Waals surface area contributed by atoms with Crippen molar-refractivity contribution < 1.29 is 4.79 Å². The summed E-state index contributed by atoms with van der Waals surface area (Å²) in [6.07, 6.45) is 4.86. The lowest BCUT2D eigenvalue weighted by atomic mass is 10.1. The fraction of sp³-hybridized carbons (Fsp3) is 0.222. The molecular formula is C18H18ClN3O. The molecule has 0 atom stereocenters. The number of carbonyl (C=O) groups is 1. The molecule has 0 fully saturated rings. The number of aryl methyl sites for hydroxylation is 1. The zero-order valence-electron chi connectivity index (χ0n) is 12.9. The van der Waals surface area contributed by atoms with Crippen molar-refractivity contribution in [3.8, 4) is 0 Å². The number of aromatic nitrogens is 2. The van der Waals surface area contributed by atoms with Gasteiger partial charge in [0.1, 0.15) is 5.65 Å². The summed E-state index contributed by atoms with van der Waals surface area (Å²) in [7, 11) is 0. The molecule has 0 aliphatic carbocycles. The third-order valence-electron chi connectivity index (χ3n) is 3.62. The molecule has 3 rings (SSSR count). The highest BCUT2D eigenvalue weighted by Gasteiger charge is 2.05. The highest BCUT2D eigenvalue weighted by Crippen LogP contribution is 2.12. The Morgan fingerprint density at radius 2 is 2.13 bits per heavy atom. The molecule has 0 aliphatic rings. The van der Waals surface area contributed by atoms with Crippen molar-refractivity contribution in [2.24, 2.45) is 0 Å². The minimum Gasteiger partial charge on any atom is -0.355 e. The zero-order chi connectivity index (χ0) is 16.2. The number of nitrogens with zero attached hydrogens (tertiary/aromatic N) is 2. The van der Waals surface area contributed by atoms with Gasteiger partial charge >= 0.3 is 0 Å². The fourth-order valence-electron chi connectivity index (χ4n) is 2.54. The number of hydrogen-bond acceptors (Lipinski definition) is 2. The van der Waals surface area contributed by atoms with Gasteiger partial charge in [0.25, 0.3) is 0 Å². The van der Waals surface area contributed by atoms with E-state index in [4.69, 9.17) is 11.6 Å². The predicted molar refractivity (Wildman–Crippen MR) is 91.8 cm³/mol. The standard InChI is InChI=1S/C18H18ClN3O/c1-13-3-2-4-14(9-13)10-18(23)20-8-7-16-12-22-11-15(19)5-6-17(22)21-16/h2-6,9,11-12H,7-8,10H2,1H3,(H,20,23). The molecule has 0 radical (unpaired) electrons. The van der Waals surface area contributed by atoms with Gasteiger partial charge in [0.2, 0.25) is 5.91 Å². The number of imidazole rings is 1. The first-order valence-corrected chi connectivity index (χ1v) is 7.93. The average molecular weight is 328 g/mol. The summed E-state index contributed by atoms with van der Waals surface area (Å²) in [5.41, 5.74) is 3.99. The van der Waals surface area contributed by atoms with Crippen LogP contribution in [-0.2, 0) is 17.6 Å². The van der Waals surface area contributed by atoms with E-state index in [0.717, 1.165) is 16.9 Å². The smallest absolute Gasteiger partial charge is 0.224 e. The maximum atomic E-state index is 12.0. The van der Waals surface area contributed by atoms with Gasteiger partial charge in [-0.15, -0.1) is 0 Å². The maximum absolute atomic E-state index is 12.0. The van der Waals surface area contributed by atoms with Crippen molar-refractivity contribution >= 4 is 23.2 Å². The molecule has 0 unspecified atom stereocenters. The van der Waals surface area contributed by atoms with Crippen LogP contribution in [0.3, 0.4) is 0 Å². The quantitative estimate of drug-likeness (QED) is 0.782. The number of carbonyl (C=O) groups excluding carboxylic acids is 1. The van der Waals surface area contributed by atoms with E-state index in [2.05, 4.69) is 10.3 Å². The van der Waals surface area contributed by atoms with Gasteiger partial charge < -0.3 is 9.72 Å². The van der Waals surface area contributed by atoms with Crippen molar-refractivity contribution in [3.63, 3.8) is 0 Å². The maximum Gasteiger partial charge on any atom is 0.224 e. The van der Waals surface area contributed by atoms with Gasteiger partial charge in [0.05, 0.1) is 17.1 Å². The predicted octanol–water partition coefficient (Wildman–Crippen LogP) is 3.20. The van der Waals surface area contributed by atoms with E-state index in [1.54, 1.807) is 0 Å². The van der Waals surface area contributed by atoms with Gasteiger partial charge in [0, 0.05) is 25.4 Å². The van der Waals surface area contributed by atoms with Gasteiger partial charge in [-0.05, 0) is 24.6 Å². The molecule has 2 aromatic heterocycles. The number of amides is 1. The van der Waals surface area contributed by atoms with Crippen molar-refractivity contribution in [1.82, 2.24) is 14.7 Å². The summed E-state index contributed by atoms with van der Waals surface area (Å²) < 4.78 is 1.90. The summed E-state index contributed by atoms with van der Waals surface area (Å²) in [5, 5.41) is 3.61. The monoisotopic (exact) mass is 327 g/mol. The summed E-state index contributed by atoms with van der Waals surface area (Å²) in [5.74, 6) is 0.0300. The Labute approximate surface area is 140 Å². The number of pyridine rings is 1. The van der Waals surface area contributed by atoms with Gasteiger partial charge in [-0.2, -0.15) is 0 Å². The van der Waals surface area contributed by atoms with E-state index in [9.17, 15) is 4.79 Å². The molecule has 0 aliphatic heterocycles. The summed E-state index contributed by atoms with van der Waals surface area (Å²) in [4.78, 5) is 16.5. The topological polar surface area (TPSA) is 46.4 Å². The van der Waals surface area contributed by atoms with Crippen LogP contribution in [0.5, 0.6) is 0 Å². The van der Waals surface area contributed by atoms with E-state index in [1.165, 1.54) is 5.56 Å². The summed E-state index contributed by atoms with van der Waals surface area (Å²) in [6, 6.07) is 11.7. The van der Waals surface area contributed by atoms with E-state index >= 15 is 0 Å². The second-order valence-electron chi connectivity index (χ2n) is 5.61. The Kier molecular flexibility index (Phi) is 4.63. The molecule has 3 aromatic rings. The van der Waals surface area contributed by atoms with E-state index < -0.39 is 0 Å². The summed E-state index contributed by atoms with van der Waals surface area (Å²) in [6.45, 7) is 2.60. The second kappa shape index (κ2) is 6.84. The molecule has 0 saturated heterocycles. The molecule has 0 bridgehead atoms. The molecular weight excluding hydrogens is 310 g/mol. The number of nitrogens with one attached hydrogen (secondary N) is 1. The molecule has 2 heterocycles. The minimum absolute atomic E-state index is 0.0300. The van der Waals surface area contributed by atoms with Crippen LogP contribution < -0.4 is 5.32 Å². The van der Waals surface area contributed by atoms with Gasteiger partial charge in [0.15, 0.2) is 0 Å². The van der Waals surface area contributed by atoms with Gasteiger partial charge in [-0.3, -0.25) is 4.79 Å². The Morgan fingerprint density at radius 1 is 1.26 bits per heavy atom. The van der Waals surface area contributed by atoms with Crippen LogP contribution >= 0.6 is 11.6 Å². The lowest BCUT2D eigenvalue weighted by Gasteiger charge is -2.05. The Morgan fingerprint density at radius 3 is 2.96 bits per heavy atom. The average Bonchev–Trinajstić information content (AvgIpc) is 2.89. The van der Waals surface area contributed by atoms with Crippen LogP contribution in [0.1, 0.15) is 16.8 Å². The van der Waals surface area contributed by atoms with Gasteiger partial charge in [-0.25, -0.2) is 4.98 Å². The first-order valence-electron chi connectivity index (χ1n) is 7.55. The normalized spacial score (nSPS) is 10.9. The van der Waals surface area contributed by atoms with E-state index in [0.29, 0.717) is 24.4 Å². The Bertz CT molecular complexity index is 841. The third-order valence-corrected chi connectivity index (χ3v) is 3.84. The molecule has 0 saturated carbocycles. The second-order valence-corrected chi connectivity index (χ2v) is 6.05. The lowest BCUT2D eigenvalue weighted by molar-refractivity contribution is -0.120. The van der Waals surface area contributed by atoms with Crippen molar-refractivity contribution in [2.75, 3.05) is 6.54 Å². The third kappa shape index (κ3) is 4.11. The molecule has 23 heavy (non-hydrogen) atoms. The Balaban J connectivity index is 1.52. The lowest BCUT2D eigenvalue weighted by Crippen LogP contribution is -2.27. The van der Waals surface area contributed by atoms with Crippen LogP contribution in [0, 0.1) is 6.92 Å².